The van der Waals surface area contributed by atoms with Crippen molar-refractivity contribution in [2.24, 2.45) is 0 Å². The van der Waals surface area contributed by atoms with Crippen molar-refractivity contribution in [2.45, 2.75) is 12.3 Å². The van der Waals surface area contributed by atoms with Gasteiger partial charge >= 0.3 is 0 Å². The van der Waals surface area contributed by atoms with Gasteiger partial charge in [-0.15, -0.1) is 0 Å². The van der Waals surface area contributed by atoms with Crippen LogP contribution in [0.3, 0.4) is 0 Å². The molecule has 0 spiro atoms. The van der Waals surface area contributed by atoms with Crippen molar-refractivity contribution < 1.29 is 9.90 Å². The second-order valence-electron chi connectivity index (χ2n) is 5.82. The lowest BCUT2D eigenvalue weighted by molar-refractivity contribution is 0.0952. The molecule has 0 saturated carbocycles. The van der Waals surface area contributed by atoms with Gasteiger partial charge in [0, 0.05) is 30.3 Å². The standard InChI is InChI=1S/C21H20N2O2/c24-20-15-18(11-13-22-20)21(25)23-14-12-19(16-7-3-1-4-8-16)17-9-5-2-6-10-17/h1-11,13,15,19H,12,14H2,(H,22,24)(H,23,25). The zero-order chi connectivity index (χ0) is 17.5. The van der Waals surface area contributed by atoms with Crippen LogP contribution in [-0.4, -0.2) is 22.5 Å². The van der Waals surface area contributed by atoms with Crippen LogP contribution in [-0.2, 0) is 0 Å². The Morgan fingerprint density at radius 3 is 2.12 bits per heavy atom. The molecule has 0 bridgehead atoms. The van der Waals surface area contributed by atoms with Gasteiger partial charge in [-0.3, -0.25) is 4.79 Å². The Labute approximate surface area is 147 Å². The summed E-state index contributed by atoms with van der Waals surface area (Å²) < 4.78 is 0. The van der Waals surface area contributed by atoms with Crippen molar-refractivity contribution in [1.82, 2.24) is 10.3 Å². The van der Waals surface area contributed by atoms with Crippen LogP contribution in [0.5, 0.6) is 5.88 Å². The molecule has 0 aliphatic rings. The number of rotatable bonds is 6. The summed E-state index contributed by atoms with van der Waals surface area (Å²) in [6, 6.07) is 23.5. The van der Waals surface area contributed by atoms with E-state index in [1.165, 1.54) is 23.4 Å². The lowest BCUT2D eigenvalue weighted by Gasteiger charge is -2.18. The molecule has 0 unspecified atom stereocenters. The molecule has 126 valence electrons. The first-order valence-electron chi connectivity index (χ1n) is 8.27. The molecule has 0 fully saturated rings. The Balaban J connectivity index is 1.68. The van der Waals surface area contributed by atoms with E-state index in [1.807, 2.05) is 36.4 Å². The van der Waals surface area contributed by atoms with Crippen LogP contribution in [0.4, 0.5) is 0 Å². The molecule has 0 aliphatic heterocycles. The number of benzene rings is 2. The maximum Gasteiger partial charge on any atom is 0.251 e. The molecule has 0 atom stereocenters. The van der Waals surface area contributed by atoms with E-state index in [4.69, 9.17) is 0 Å². The number of nitrogens with zero attached hydrogens (tertiary/aromatic N) is 1. The van der Waals surface area contributed by atoms with Gasteiger partial charge < -0.3 is 10.4 Å². The van der Waals surface area contributed by atoms with Crippen LogP contribution in [0, 0.1) is 0 Å². The van der Waals surface area contributed by atoms with E-state index in [-0.39, 0.29) is 17.7 Å². The molecule has 0 saturated heterocycles. The summed E-state index contributed by atoms with van der Waals surface area (Å²) in [5.41, 5.74) is 2.86. The summed E-state index contributed by atoms with van der Waals surface area (Å²) >= 11 is 0. The van der Waals surface area contributed by atoms with Crippen LogP contribution < -0.4 is 5.32 Å². The average molecular weight is 332 g/mol. The van der Waals surface area contributed by atoms with E-state index in [2.05, 4.69) is 34.6 Å². The molecule has 2 N–H and O–H groups in total. The van der Waals surface area contributed by atoms with E-state index < -0.39 is 0 Å². The third kappa shape index (κ3) is 4.44. The third-order valence-electron chi connectivity index (χ3n) is 4.13. The number of aromatic nitrogens is 1. The first-order chi connectivity index (χ1) is 12.2. The van der Waals surface area contributed by atoms with Gasteiger partial charge in [-0.05, 0) is 23.6 Å². The molecule has 1 amide bonds. The summed E-state index contributed by atoms with van der Waals surface area (Å²) in [5, 5.41) is 12.3. The van der Waals surface area contributed by atoms with E-state index >= 15 is 0 Å². The van der Waals surface area contributed by atoms with Crippen LogP contribution >= 0.6 is 0 Å². The van der Waals surface area contributed by atoms with Gasteiger partial charge in [0.1, 0.15) is 0 Å². The molecule has 1 aromatic heterocycles. The Hall–Kier alpha value is -3.14. The minimum atomic E-state index is -0.211. The Kier molecular flexibility index (Phi) is 5.42. The second kappa shape index (κ2) is 8.11. The molecule has 0 aliphatic carbocycles. The lowest BCUT2D eigenvalue weighted by Crippen LogP contribution is -2.25. The predicted octanol–water partition coefficient (Wildman–Crippen LogP) is 3.74. The highest BCUT2D eigenvalue weighted by Gasteiger charge is 2.14. The number of carbonyl (C=O) groups excluding carboxylic acids is 1. The molecule has 4 heteroatoms. The molecular formula is C21H20N2O2. The fourth-order valence-electron chi connectivity index (χ4n) is 2.89. The van der Waals surface area contributed by atoms with Crippen molar-refractivity contribution in [1.29, 1.82) is 0 Å². The molecule has 2 aromatic carbocycles. The van der Waals surface area contributed by atoms with Crippen molar-refractivity contribution in [3.05, 3.63) is 95.7 Å². The minimum absolute atomic E-state index is 0.154. The number of hydrogen-bond acceptors (Lipinski definition) is 3. The van der Waals surface area contributed by atoms with Crippen molar-refractivity contribution in [2.75, 3.05) is 6.54 Å². The van der Waals surface area contributed by atoms with E-state index in [1.54, 1.807) is 6.07 Å². The van der Waals surface area contributed by atoms with Gasteiger partial charge in [0.15, 0.2) is 0 Å². The van der Waals surface area contributed by atoms with Crippen LogP contribution in [0.15, 0.2) is 79.0 Å². The van der Waals surface area contributed by atoms with Gasteiger partial charge in [0.25, 0.3) is 5.91 Å². The van der Waals surface area contributed by atoms with Gasteiger partial charge in [0.2, 0.25) is 5.88 Å². The number of nitrogens with one attached hydrogen (secondary N) is 1. The van der Waals surface area contributed by atoms with Crippen molar-refractivity contribution in [3.63, 3.8) is 0 Å². The Bertz CT molecular complexity index is 780. The quantitative estimate of drug-likeness (QED) is 0.723. The number of pyridine rings is 1. The van der Waals surface area contributed by atoms with Crippen molar-refractivity contribution in [3.8, 4) is 5.88 Å². The lowest BCUT2D eigenvalue weighted by atomic mass is 9.88. The molecule has 3 rings (SSSR count). The maximum atomic E-state index is 12.2. The van der Waals surface area contributed by atoms with Crippen LogP contribution in [0.2, 0.25) is 0 Å². The molecular weight excluding hydrogens is 312 g/mol. The van der Waals surface area contributed by atoms with Gasteiger partial charge in [-0.1, -0.05) is 60.7 Å². The zero-order valence-corrected chi connectivity index (χ0v) is 13.8. The molecule has 4 nitrogen and oxygen atoms in total. The highest BCUT2D eigenvalue weighted by Crippen LogP contribution is 2.27. The summed E-state index contributed by atoms with van der Waals surface area (Å²) in [5.74, 6) is -0.148. The summed E-state index contributed by atoms with van der Waals surface area (Å²) in [7, 11) is 0. The first kappa shape index (κ1) is 16.7. The van der Waals surface area contributed by atoms with Crippen LogP contribution in [0.25, 0.3) is 0 Å². The molecule has 0 radical (unpaired) electrons. The predicted molar refractivity (Wildman–Crippen MR) is 97.6 cm³/mol. The highest BCUT2D eigenvalue weighted by molar-refractivity contribution is 5.94. The summed E-state index contributed by atoms with van der Waals surface area (Å²) in [4.78, 5) is 15.9. The van der Waals surface area contributed by atoms with E-state index in [9.17, 15) is 9.90 Å². The largest absolute Gasteiger partial charge is 0.493 e. The molecule has 1 heterocycles. The second-order valence-corrected chi connectivity index (χ2v) is 5.82. The van der Waals surface area contributed by atoms with E-state index in [0.717, 1.165) is 6.42 Å². The SMILES string of the molecule is O=C(NCCC(c1ccccc1)c1ccccc1)c1ccnc(O)c1. The number of aromatic hydroxyl groups is 1. The Morgan fingerprint density at radius 2 is 1.56 bits per heavy atom. The molecule has 25 heavy (non-hydrogen) atoms. The minimum Gasteiger partial charge on any atom is -0.493 e. The smallest absolute Gasteiger partial charge is 0.251 e. The van der Waals surface area contributed by atoms with Crippen molar-refractivity contribution >= 4 is 5.91 Å². The number of amides is 1. The average Bonchev–Trinajstić information content (AvgIpc) is 2.66. The summed E-state index contributed by atoms with van der Waals surface area (Å²) in [6.45, 7) is 0.538. The topological polar surface area (TPSA) is 62.2 Å². The number of carbonyl (C=O) groups is 1. The fraction of sp³-hybridized carbons (Fsp3) is 0.143. The van der Waals surface area contributed by atoms with Gasteiger partial charge in [0.05, 0.1) is 0 Å². The van der Waals surface area contributed by atoms with Gasteiger partial charge in [-0.2, -0.15) is 0 Å². The Morgan fingerprint density at radius 1 is 0.960 bits per heavy atom. The monoisotopic (exact) mass is 332 g/mol. The van der Waals surface area contributed by atoms with Gasteiger partial charge in [-0.25, -0.2) is 4.98 Å². The fourth-order valence-corrected chi connectivity index (χ4v) is 2.89. The van der Waals surface area contributed by atoms with Crippen LogP contribution in [0.1, 0.15) is 33.8 Å². The zero-order valence-electron chi connectivity index (χ0n) is 13.8. The summed E-state index contributed by atoms with van der Waals surface area (Å²) in [6.07, 6.45) is 2.21. The highest BCUT2D eigenvalue weighted by atomic mass is 16.3. The normalized spacial score (nSPS) is 10.6. The first-order valence-corrected chi connectivity index (χ1v) is 8.27. The van der Waals surface area contributed by atoms with E-state index in [0.29, 0.717) is 12.1 Å². The number of hydrogen-bond donors (Lipinski definition) is 2. The third-order valence-corrected chi connectivity index (χ3v) is 4.13. The maximum absolute atomic E-state index is 12.2. The molecule has 3 aromatic rings.